The van der Waals surface area contributed by atoms with E-state index in [1.165, 1.54) is 24.3 Å². The lowest BCUT2D eigenvalue weighted by atomic mass is 10.0. The van der Waals surface area contributed by atoms with Crippen LogP contribution in [-0.4, -0.2) is 55.5 Å². The van der Waals surface area contributed by atoms with Crippen molar-refractivity contribution in [2.75, 3.05) is 32.8 Å². The van der Waals surface area contributed by atoms with Gasteiger partial charge in [0, 0.05) is 22.5 Å². The zero-order chi connectivity index (χ0) is 24.6. The normalized spacial score (nSPS) is 16.9. The first-order chi connectivity index (χ1) is 16.8. The average molecular weight is 505 g/mol. The fraction of sp³-hybridized carbons (Fsp3) is 0.360. The number of ketones is 1. The maximum atomic E-state index is 15.2. The van der Waals surface area contributed by atoms with Gasteiger partial charge in [0.2, 0.25) is 0 Å². The third-order valence-electron chi connectivity index (χ3n) is 6.16. The van der Waals surface area contributed by atoms with E-state index in [0.717, 1.165) is 32.0 Å². The van der Waals surface area contributed by atoms with Gasteiger partial charge in [-0.15, -0.1) is 0 Å². The highest BCUT2D eigenvalue weighted by molar-refractivity contribution is 6.31. The van der Waals surface area contributed by atoms with E-state index in [0.29, 0.717) is 35.1 Å². The van der Waals surface area contributed by atoms with Gasteiger partial charge in [0.25, 0.3) is 5.91 Å². The number of carbonyl (C=O) groups is 2. The summed E-state index contributed by atoms with van der Waals surface area (Å²) in [6.45, 7) is 2.30. The van der Waals surface area contributed by atoms with E-state index in [4.69, 9.17) is 25.5 Å². The Morgan fingerprint density at radius 2 is 1.77 bits per heavy atom. The van der Waals surface area contributed by atoms with E-state index in [1.807, 2.05) is 4.90 Å². The highest BCUT2D eigenvalue weighted by Gasteiger charge is 2.46. The van der Waals surface area contributed by atoms with Crippen LogP contribution < -0.4 is 14.8 Å². The van der Waals surface area contributed by atoms with Crippen molar-refractivity contribution in [1.29, 1.82) is 0 Å². The molecule has 0 aliphatic carbocycles. The van der Waals surface area contributed by atoms with Gasteiger partial charge in [-0.05, 0) is 68.4 Å². The van der Waals surface area contributed by atoms with Crippen molar-refractivity contribution in [1.82, 2.24) is 10.2 Å². The molecule has 1 fully saturated rings. The fourth-order valence-electron chi connectivity index (χ4n) is 4.35. The lowest BCUT2D eigenvalue weighted by Gasteiger charge is -2.26. The van der Waals surface area contributed by atoms with Crippen LogP contribution in [0.5, 0.6) is 11.5 Å². The molecule has 2 aliphatic heterocycles. The Morgan fingerprint density at radius 3 is 2.54 bits per heavy atom. The second-order valence-electron chi connectivity index (χ2n) is 8.62. The molecule has 3 aromatic rings. The second kappa shape index (κ2) is 9.47. The van der Waals surface area contributed by atoms with Crippen LogP contribution in [0.4, 0.5) is 8.78 Å². The second-order valence-corrected chi connectivity index (χ2v) is 9.06. The molecule has 0 bridgehead atoms. The fourth-order valence-corrected chi connectivity index (χ4v) is 4.53. The summed E-state index contributed by atoms with van der Waals surface area (Å²) in [7, 11) is 0. The van der Waals surface area contributed by atoms with Gasteiger partial charge in [0.15, 0.2) is 23.0 Å². The predicted molar refractivity (Wildman–Crippen MR) is 124 cm³/mol. The number of likely N-dealkylation sites (tertiary alicyclic amines) is 1. The molecule has 10 heteroatoms. The van der Waals surface area contributed by atoms with E-state index < -0.39 is 29.4 Å². The maximum Gasteiger partial charge on any atom is 0.380 e. The van der Waals surface area contributed by atoms with Gasteiger partial charge in [-0.2, -0.15) is 8.78 Å². The van der Waals surface area contributed by atoms with Gasteiger partial charge >= 0.3 is 5.92 Å². The third kappa shape index (κ3) is 4.83. The monoisotopic (exact) mass is 504 g/mol. The minimum Gasteiger partial charge on any atom is -0.486 e. The molecule has 5 rings (SSSR count). The molecule has 2 aliphatic rings. The van der Waals surface area contributed by atoms with Crippen molar-refractivity contribution in [2.45, 2.75) is 24.8 Å². The number of ether oxygens (including phenoxy) is 2. The molecule has 3 heterocycles. The number of hydrogen-bond acceptors (Lipinski definition) is 6. The highest BCUT2D eigenvalue weighted by atomic mass is 35.5. The molecule has 1 aromatic heterocycles. The van der Waals surface area contributed by atoms with Gasteiger partial charge in [0.1, 0.15) is 24.8 Å². The SMILES string of the molecule is O=C(c1ccc2c(c1)OCCO2)C(CN1CCCC1)NC(=O)C(F)(F)c1cc2cc(Cl)ccc2o1. The summed E-state index contributed by atoms with van der Waals surface area (Å²) >= 11 is 5.92. The number of carbonyl (C=O) groups excluding carboxylic acids is 2. The first kappa shape index (κ1) is 23.6. The van der Waals surface area contributed by atoms with Crippen LogP contribution in [0.3, 0.4) is 0 Å². The zero-order valence-electron chi connectivity index (χ0n) is 18.7. The van der Waals surface area contributed by atoms with Gasteiger partial charge in [-0.3, -0.25) is 9.59 Å². The Morgan fingerprint density at radius 1 is 1.03 bits per heavy atom. The van der Waals surface area contributed by atoms with Gasteiger partial charge in [0.05, 0.1) is 0 Å². The molecule has 0 spiro atoms. The molecule has 184 valence electrons. The number of Topliss-reactive ketones (excluding diaryl/α,β-unsaturated/α-hetero) is 1. The van der Waals surface area contributed by atoms with Crippen LogP contribution in [0.25, 0.3) is 11.0 Å². The van der Waals surface area contributed by atoms with E-state index in [9.17, 15) is 9.59 Å². The molecule has 1 atom stereocenters. The van der Waals surface area contributed by atoms with Crippen molar-refractivity contribution in [3.05, 3.63) is 58.8 Å². The van der Waals surface area contributed by atoms with Crippen LogP contribution in [-0.2, 0) is 10.7 Å². The molecule has 1 amide bonds. The molecule has 7 nitrogen and oxygen atoms in total. The maximum absolute atomic E-state index is 15.2. The molecule has 1 saturated heterocycles. The number of benzene rings is 2. The Hall–Kier alpha value is -3.17. The van der Waals surface area contributed by atoms with E-state index in [-0.39, 0.29) is 17.7 Å². The first-order valence-electron chi connectivity index (χ1n) is 11.4. The van der Waals surface area contributed by atoms with Crippen molar-refractivity contribution < 1.29 is 32.3 Å². The smallest absolute Gasteiger partial charge is 0.380 e. The molecule has 1 N–H and O–H groups in total. The summed E-state index contributed by atoms with van der Waals surface area (Å²) in [5.74, 6) is -6.02. The number of nitrogens with one attached hydrogen (secondary N) is 1. The lowest BCUT2D eigenvalue weighted by Crippen LogP contribution is -2.51. The Balaban J connectivity index is 1.40. The van der Waals surface area contributed by atoms with Crippen LogP contribution in [0.2, 0.25) is 5.02 Å². The number of hydrogen-bond donors (Lipinski definition) is 1. The zero-order valence-corrected chi connectivity index (χ0v) is 19.4. The van der Waals surface area contributed by atoms with Crippen molar-refractivity contribution in [3.63, 3.8) is 0 Å². The standard InChI is InChI=1S/C25H23ClF2N2O5/c26-17-4-6-19-16(11-17)13-22(35-19)25(27,28)24(32)29-18(14-30-7-1-2-8-30)23(31)15-3-5-20-21(12-15)34-10-9-33-20/h3-6,11-13,18H,1-2,7-10,14H2,(H,29,32). The topological polar surface area (TPSA) is 81.0 Å². The summed E-state index contributed by atoms with van der Waals surface area (Å²) in [5.41, 5.74) is 0.415. The van der Waals surface area contributed by atoms with Gasteiger partial charge in [-0.25, -0.2) is 0 Å². The molecule has 2 aromatic carbocycles. The molecule has 35 heavy (non-hydrogen) atoms. The van der Waals surface area contributed by atoms with Crippen LogP contribution in [0.1, 0.15) is 29.0 Å². The Kier molecular flexibility index (Phi) is 6.37. The minimum atomic E-state index is -4.00. The van der Waals surface area contributed by atoms with Crippen LogP contribution >= 0.6 is 11.6 Å². The molecule has 0 saturated carbocycles. The quantitative estimate of drug-likeness (QED) is 0.480. The van der Waals surface area contributed by atoms with Crippen molar-refractivity contribution >= 4 is 34.3 Å². The minimum absolute atomic E-state index is 0.116. The number of furan rings is 1. The number of fused-ring (bicyclic) bond motifs is 2. The van der Waals surface area contributed by atoms with E-state index >= 15 is 8.78 Å². The largest absolute Gasteiger partial charge is 0.486 e. The summed E-state index contributed by atoms with van der Waals surface area (Å²) in [5, 5.41) is 2.98. The van der Waals surface area contributed by atoms with Gasteiger partial charge in [-0.1, -0.05) is 11.6 Å². The number of rotatable bonds is 7. The number of nitrogens with zero attached hydrogens (tertiary/aromatic N) is 1. The van der Waals surface area contributed by atoms with Crippen LogP contribution in [0.15, 0.2) is 46.9 Å². The first-order valence-corrected chi connectivity index (χ1v) is 11.7. The molecular formula is C25H23ClF2N2O5. The summed E-state index contributed by atoms with van der Waals surface area (Å²) < 4.78 is 46.6. The average Bonchev–Trinajstić information content (AvgIpc) is 3.52. The summed E-state index contributed by atoms with van der Waals surface area (Å²) in [4.78, 5) is 28.1. The van der Waals surface area contributed by atoms with Gasteiger partial charge < -0.3 is 24.1 Å². The number of halogens is 3. The summed E-state index contributed by atoms with van der Waals surface area (Å²) in [6.07, 6.45) is 1.88. The number of alkyl halides is 2. The predicted octanol–water partition coefficient (Wildman–Crippen LogP) is 4.41. The van der Waals surface area contributed by atoms with Crippen molar-refractivity contribution in [2.24, 2.45) is 0 Å². The molecule has 0 radical (unpaired) electrons. The molecule has 1 unspecified atom stereocenters. The Labute approximate surface area is 204 Å². The third-order valence-corrected chi connectivity index (χ3v) is 6.40. The number of amides is 1. The van der Waals surface area contributed by atoms with E-state index in [1.54, 1.807) is 12.1 Å². The van der Waals surface area contributed by atoms with Crippen LogP contribution in [0, 0.1) is 0 Å². The van der Waals surface area contributed by atoms with Crippen molar-refractivity contribution in [3.8, 4) is 11.5 Å². The highest BCUT2D eigenvalue weighted by Crippen LogP contribution is 2.35. The lowest BCUT2D eigenvalue weighted by molar-refractivity contribution is -0.150. The Bertz CT molecular complexity index is 1270. The summed E-state index contributed by atoms with van der Waals surface area (Å²) in [6, 6.07) is 8.99. The molecular weight excluding hydrogens is 482 g/mol. The van der Waals surface area contributed by atoms with E-state index in [2.05, 4.69) is 5.32 Å².